The number of furan rings is 1. The van der Waals surface area contributed by atoms with Gasteiger partial charge in [-0.1, -0.05) is 13.0 Å². The van der Waals surface area contributed by atoms with Crippen LogP contribution in [0.25, 0.3) is 11.0 Å². The van der Waals surface area contributed by atoms with Crippen LogP contribution in [0.5, 0.6) is 0 Å². The molecule has 0 saturated heterocycles. The van der Waals surface area contributed by atoms with E-state index in [4.69, 9.17) is 13.9 Å². The molecule has 0 saturated carbocycles. The predicted molar refractivity (Wildman–Crippen MR) is 102 cm³/mol. The monoisotopic (exact) mass is 367 g/mol. The molecule has 6 nitrogen and oxygen atoms in total. The van der Waals surface area contributed by atoms with Gasteiger partial charge in [0.05, 0.1) is 19.8 Å². The number of aryl methyl sites for hydroxylation is 2. The van der Waals surface area contributed by atoms with Crippen molar-refractivity contribution < 1.29 is 23.5 Å². The number of methoxy groups -OCH3 is 2. The molecule has 0 unspecified atom stereocenters. The highest BCUT2D eigenvalue weighted by atomic mass is 16.5. The molecule has 1 aromatic carbocycles. The zero-order valence-corrected chi connectivity index (χ0v) is 15.7. The van der Waals surface area contributed by atoms with Crippen molar-refractivity contribution in [3.8, 4) is 0 Å². The lowest BCUT2D eigenvalue weighted by molar-refractivity contribution is -0.139. The van der Waals surface area contributed by atoms with Crippen molar-refractivity contribution in [1.82, 2.24) is 0 Å². The summed E-state index contributed by atoms with van der Waals surface area (Å²) in [6, 6.07) is 5.62. The maximum Gasteiger partial charge on any atom is 0.355 e. The van der Waals surface area contributed by atoms with Crippen LogP contribution in [-0.2, 0) is 25.5 Å². The number of esters is 2. The molecule has 1 aromatic heterocycles. The van der Waals surface area contributed by atoms with Crippen LogP contribution in [0.4, 0.5) is 5.69 Å². The van der Waals surface area contributed by atoms with Gasteiger partial charge in [-0.15, -0.1) is 0 Å². The zero-order chi connectivity index (χ0) is 19.6. The molecule has 1 aliphatic rings. The number of allylic oxidation sites excluding steroid dienone is 2. The van der Waals surface area contributed by atoms with Crippen LogP contribution in [0.1, 0.15) is 18.2 Å². The molecular weight excluding hydrogens is 346 g/mol. The first kappa shape index (κ1) is 18.5. The third kappa shape index (κ3) is 3.26. The molecule has 0 fully saturated rings. The SMILES string of the molecule is CCc1oc2ccc(N3C=CC=CC(C(=O)OC)=C3C(=O)OC)cc2c1C. The summed E-state index contributed by atoms with van der Waals surface area (Å²) in [5.74, 6) is -0.326. The number of hydrogen-bond donors (Lipinski definition) is 0. The van der Waals surface area contributed by atoms with Crippen LogP contribution >= 0.6 is 0 Å². The number of ether oxygens (including phenoxy) is 2. The Morgan fingerprint density at radius 1 is 1.11 bits per heavy atom. The fraction of sp³-hybridized carbons (Fsp3) is 0.238. The van der Waals surface area contributed by atoms with Gasteiger partial charge in [-0.3, -0.25) is 0 Å². The minimum absolute atomic E-state index is 0.0885. The summed E-state index contributed by atoms with van der Waals surface area (Å²) in [7, 11) is 2.55. The second kappa shape index (κ2) is 7.53. The van der Waals surface area contributed by atoms with Gasteiger partial charge in [-0.25, -0.2) is 9.59 Å². The molecule has 0 atom stereocenters. The number of carbonyl (C=O) groups is 2. The Labute approximate surface area is 157 Å². The van der Waals surface area contributed by atoms with Crippen molar-refractivity contribution in [2.45, 2.75) is 20.3 Å². The van der Waals surface area contributed by atoms with Crippen LogP contribution < -0.4 is 4.90 Å². The van der Waals surface area contributed by atoms with E-state index < -0.39 is 11.9 Å². The van der Waals surface area contributed by atoms with Gasteiger partial charge >= 0.3 is 11.9 Å². The number of fused-ring (bicyclic) bond motifs is 1. The summed E-state index contributed by atoms with van der Waals surface area (Å²) < 4.78 is 15.6. The van der Waals surface area contributed by atoms with Crippen LogP contribution in [0, 0.1) is 6.92 Å². The van der Waals surface area contributed by atoms with Crippen molar-refractivity contribution in [1.29, 1.82) is 0 Å². The Morgan fingerprint density at radius 3 is 2.52 bits per heavy atom. The fourth-order valence-electron chi connectivity index (χ4n) is 3.11. The zero-order valence-electron chi connectivity index (χ0n) is 15.7. The first-order chi connectivity index (χ1) is 13.0. The van der Waals surface area contributed by atoms with E-state index in [1.54, 1.807) is 23.3 Å². The molecule has 2 aromatic rings. The first-order valence-electron chi connectivity index (χ1n) is 8.58. The minimum atomic E-state index is -0.634. The number of nitrogens with zero attached hydrogens (tertiary/aromatic N) is 1. The number of rotatable bonds is 4. The van der Waals surface area contributed by atoms with Gasteiger partial charge in [0.1, 0.15) is 17.0 Å². The summed E-state index contributed by atoms with van der Waals surface area (Å²) >= 11 is 0. The average Bonchev–Trinajstić information content (AvgIpc) is 2.87. The molecule has 0 N–H and O–H groups in total. The van der Waals surface area contributed by atoms with Crippen LogP contribution in [-0.4, -0.2) is 26.2 Å². The van der Waals surface area contributed by atoms with E-state index in [2.05, 4.69) is 0 Å². The second-order valence-electron chi connectivity index (χ2n) is 6.00. The van der Waals surface area contributed by atoms with Gasteiger partial charge in [0.15, 0.2) is 0 Å². The summed E-state index contributed by atoms with van der Waals surface area (Å²) in [4.78, 5) is 26.3. The van der Waals surface area contributed by atoms with Gasteiger partial charge in [-0.2, -0.15) is 0 Å². The molecule has 140 valence electrons. The molecule has 27 heavy (non-hydrogen) atoms. The highest BCUT2D eigenvalue weighted by molar-refractivity contribution is 6.05. The lowest BCUT2D eigenvalue weighted by atomic mass is 10.1. The third-order valence-electron chi connectivity index (χ3n) is 4.51. The molecule has 3 rings (SSSR count). The van der Waals surface area contributed by atoms with Crippen molar-refractivity contribution in [2.75, 3.05) is 19.1 Å². The fourth-order valence-corrected chi connectivity index (χ4v) is 3.11. The Morgan fingerprint density at radius 2 is 1.85 bits per heavy atom. The smallest absolute Gasteiger partial charge is 0.355 e. The Balaban J connectivity index is 2.20. The number of carbonyl (C=O) groups excluding carboxylic acids is 2. The molecule has 6 heteroatoms. The van der Waals surface area contributed by atoms with E-state index in [0.717, 1.165) is 28.7 Å². The van der Waals surface area contributed by atoms with Gasteiger partial charge in [-0.05, 0) is 42.8 Å². The normalized spacial score (nSPS) is 13.9. The van der Waals surface area contributed by atoms with E-state index in [1.807, 2.05) is 32.0 Å². The number of anilines is 1. The summed E-state index contributed by atoms with van der Waals surface area (Å²) in [6.45, 7) is 4.04. The molecule has 0 aliphatic carbocycles. The number of hydrogen-bond acceptors (Lipinski definition) is 6. The van der Waals surface area contributed by atoms with Crippen molar-refractivity contribution in [3.63, 3.8) is 0 Å². The highest BCUT2D eigenvalue weighted by Gasteiger charge is 2.27. The molecule has 2 heterocycles. The van der Waals surface area contributed by atoms with Crippen LogP contribution in [0.15, 0.2) is 58.3 Å². The minimum Gasteiger partial charge on any atom is -0.465 e. The average molecular weight is 367 g/mol. The van der Waals surface area contributed by atoms with Gasteiger partial charge in [0.2, 0.25) is 0 Å². The van der Waals surface area contributed by atoms with E-state index in [1.165, 1.54) is 20.3 Å². The van der Waals surface area contributed by atoms with Crippen molar-refractivity contribution in [2.24, 2.45) is 0 Å². The van der Waals surface area contributed by atoms with E-state index in [9.17, 15) is 9.59 Å². The highest BCUT2D eigenvalue weighted by Crippen LogP contribution is 2.32. The maximum atomic E-state index is 12.5. The molecule has 1 aliphatic heterocycles. The van der Waals surface area contributed by atoms with Crippen LogP contribution in [0.2, 0.25) is 0 Å². The Hall–Kier alpha value is -3.28. The summed E-state index contributed by atoms with van der Waals surface area (Å²) in [6.07, 6.45) is 7.44. The largest absolute Gasteiger partial charge is 0.465 e. The lowest BCUT2D eigenvalue weighted by Crippen LogP contribution is -2.26. The first-order valence-corrected chi connectivity index (χ1v) is 8.58. The van der Waals surface area contributed by atoms with Gasteiger partial charge < -0.3 is 18.8 Å². The molecule has 0 spiro atoms. The van der Waals surface area contributed by atoms with Gasteiger partial charge in [0.25, 0.3) is 0 Å². The van der Waals surface area contributed by atoms with Crippen LogP contribution in [0.3, 0.4) is 0 Å². The number of benzene rings is 1. The summed E-state index contributed by atoms with van der Waals surface area (Å²) in [5.41, 5.74) is 2.75. The van der Waals surface area contributed by atoms with Crippen molar-refractivity contribution >= 4 is 28.6 Å². The topological polar surface area (TPSA) is 69.0 Å². The predicted octanol–water partition coefficient (Wildman–Crippen LogP) is 3.79. The van der Waals surface area contributed by atoms with E-state index in [-0.39, 0.29) is 11.3 Å². The molecular formula is C21H21NO5. The Kier molecular flexibility index (Phi) is 5.16. The van der Waals surface area contributed by atoms with E-state index in [0.29, 0.717) is 5.69 Å². The molecule has 0 radical (unpaired) electrons. The van der Waals surface area contributed by atoms with Crippen molar-refractivity contribution in [3.05, 3.63) is 65.2 Å². The van der Waals surface area contributed by atoms with E-state index >= 15 is 0 Å². The lowest BCUT2D eigenvalue weighted by Gasteiger charge is -2.23. The quantitative estimate of drug-likeness (QED) is 0.766. The Bertz CT molecular complexity index is 993. The standard InChI is InChI=1S/C21H21NO5/c1-5-17-13(2)16-12-14(9-10-18(16)27-17)22-11-7-6-8-15(20(23)25-3)19(22)21(24)26-4/h6-12H,5H2,1-4H3. The van der Waals surface area contributed by atoms with Gasteiger partial charge in [0, 0.05) is 23.7 Å². The summed E-state index contributed by atoms with van der Waals surface area (Å²) in [5, 5.41) is 0.957. The second-order valence-corrected chi connectivity index (χ2v) is 6.00. The third-order valence-corrected chi connectivity index (χ3v) is 4.51. The molecule has 0 amide bonds. The maximum absolute atomic E-state index is 12.5. The molecule has 0 bridgehead atoms.